The number of carbonyl (C=O) groups is 1. The Hall–Kier alpha value is -2.14. The first-order valence-electron chi connectivity index (χ1n) is 9.79. The van der Waals surface area contributed by atoms with E-state index in [1.54, 1.807) is 11.3 Å². The number of hydrogen-bond donors (Lipinski definition) is 0. The van der Waals surface area contributed by atoms with Crippen molar-refractivity contribution < 1.29 is 4.79 Å². The number of carbonyl (C=O) groups excluding carboxylic acids is 1. The maximum Gasteiger partial charge on any atom is 0.264 e. The first-order chi connectivity index (χ1) is 13.0. The highest BCUT2D eigenvalue weighted by Crippen LogP contribution is 2.35. The van der Waals surface area contributed by atoms with Crippen molar-refractivity contribution in [3.63, 3.8) is 0 Å². The molecule has 0 spiro atoms. The van der Waals surface area contributed by atoms with Crippen LogP contribution in [-0.4, -0.2) is 32.7 Å². The van der Waals surface area contributed by atoms with E-state index in [0.717, 1.165) is 40.2 Å². The molecule has 2 heterocycles. The highest BCUT2D eigenvalue weighted by atomic mass is 32.1. The molecule has 0 aliphatic heterocycles. The smallest absolute Gasteiger partial charge is 0.264 e. The van der Waals surface area contributed by atoms with Gasteiger partial charge in [-0.3, -0.25) is 9.48 Å². The predicted octanol–water partition coefficient (Wildman–Crippen LogP) is 5.10. The monoisotopic (exact) mass is 381 g/mol. The lowest BCUT2D eigenvalue weighted by molar-refractivity contribution is 0.0633. The van der Waals surface area contributed by atoms with Crippen molar-refractivity contribution in [1.29, 1.82) is 0 Å². The van der Waals surface area contributed by atoms with Crippen LogP contribution in [-0.2, 0) is 6.54 Å². The fourth-order valence-corrected chi connectivity index (χ4v) is 4.67. The van der Waals surface area contributed by atoms with Crippen molar-refractivity contribution in [3.8, 4) is 0 Å². The Bertz CT molecular complexity index is 953. The third-order valence-electron chi connectivity index (χ3n) is 5.57. The van der Waals surface area contributed by atoms with Gasteiger partial charge in [0.25, 0.3) is 5.91 Å². The van der Waals surface area contributed by atoms with E-state index in [1.165, 1.54) is 5.56 Å². The van der Waals surface area contributed by atoms with Crippen LogP contribution >= 0.6 is 11.3 Å². The first kappa shape index (κ1) is 18.2. The minimum absolute atomic E-state index is 0.186. The maximum atomic E-state index is 13.3. The fourth-order valence-electron chi connectivity index (χ4n) is 3.57. The predicted molar refractivity (Wildman–Crippen MR) is 111 cm³/mol. The molecule has 0 N–H and O–H groups in total. The number of aromatic nitrogens is 2. The average molecular weight is 382 g/mol. The molecule has 1 fully saturated rings. The van der Waals surface area contributed by atoms with Crippen molar-refractivity contribution in [2.24, 2.45) is 5.92 Å². The van der Waals surface area contributed by atoms with Gasteiger partial charge in [-0.1, -0.05) is 44.2 Å². The molecule has 0 saturated heterocycles. The number of benzene rings is 1. The zero-order valence-electron chi connectivity index (χ0n) is 16.5. The molecule has 1 saturated carbocycles. The molecule has 4 nitrogen and oxygen atoms in total. The summed E-state index contributed by atoms with van der Waals surface area (Å²) in [4.78, 5) is 17.4. The minimum Gasteiger partial charge on any atom is -0.332 e. The van der Waals surface area contributed by atoms with Gasteiger partial charge in [0.15, 0.2) is 0 Å². The van der Waals surface area contributed by atoms with Crippen LogP contribution in [0, 0.1) is 12.8 Å². The van der Waals surface area contributed by atoms with Crippen molar-refractivity contribution in [3.05, 3.63) is 52.5 Å². The summed E-state index contributed by atoms with van der Waals surface area (Å²) in [7, 11) is 0. The molecular weight excluding hydrogens is 354 g/mol. The lowest BCUT2D eigenvalue weighted by Crippen LogP contribution is -2.42. The van der Waals surface area contributed by atoms with Gasteiger partial charge in [0.1, 0.15) is 4.83 Å². The normalized spacial score (nSPS) is 15.4. The molecule has 0 bridgehead atoms. The van der Waals surface area contributed by atoms with E-state index in [2.05, 4.69) is 43.9 Å². The fraction of sp³-hybridized carbons (Fsp3) is 0.455. The molecule has 1 atom stereocenters. The van der Waals surface area contributed by atoms with Crippen LogP contribution < -0.4 is 0 Å². The molecule has 1 aliphatic rings. The molecular formula is C22H27N3OS. The van der Waals surface area contributed by atoms with Gasteiger partial charge in [0.05, 0.1) is 17.1 Å². The number of hydrogen-bond acceptors (Lipinski definition) is 3. The Morgan fingerprint density at radius 3 is 2.59 bits per heavy atom. The SMILES string of the molecule is Cc1nn(Cc2ccccc2)c2sc(C(=O)N(C3CC3)C(C)C(C)C)cc12. The van der Waals surface area contributed by atoms with Crippen molar-refractivity contribution in [2.75, 3.05) is 0 Å². The van der Waals surface area contributed by atoms with E-state index in [1.807, 2.05) is 29.8 Å². The molecule has 142 valence electrons. The number of thiophene rings is 1. The highest BCUT2D eigenvalue weighted by Gasteiger charge is 2.37. The largest absolute Gasteiger partial charge is 0.332 e. The third-order valence-corrected chi connectivity index (χ3v) is 6.71. The van der Waals surface area contributed by atoms with Gasteiger partial charge < -0.3 is 4.90 Å². The summed E-state index contributed by atoms with van der Waals surface area (Å²) < 4.78 is 2.04. The van der Waals surface area contributed by atoms with E-state index in [9.17, 15) is 4.79 Å². The summed E-state index contributed by atoms with van der Waals surface area (Å²) in [5.41, 5.74) is 2.21. The number of aryl methyl sites for hydroxylation is 1. The summed E-state index contributed by atoms with van der Waals surface area (Å²) in [6.45, 7) is 9.32. The molecule has 0 radical (unpaired) electrons. The Kier molecular flexibility index (Phi) is 4.81. The standard InChI is InChI=1S/C22H27N3OS/c1-14(2)16(4)25(18-10-11-18)21(26)20-12-19-15(3)23-24(22(19)27-20)13-17-8-6-5-7-9-17/h5-9,12,14,16,18H,10-11,13H2,1-4H3. The molecule has 1 amide bonds. The number of amides is 1. The summed E-state index contributed by atoms with van der Waals surface area (Å²) in [5, 5.41) is 5.81. The van der Waals surface area contributed by atoms with Crippen LogP contribution in [0.2, 0.25) is 0 Å². The highest BCUT2D eigenvalue weighted by molar-refractivity contribution is 7.20. The lowest BCUT2D eigenvalue weighted by atomic mass is 10.0. The van der Waals surface area contributed by atoms with Crippen molar-refractivity contribution in [1.82, 2.24) is 14.7 Å². The van der Waals surface area contributed by atoms with Crippen molar-refractivity contribution >= 4 is 27.5 Å². The Balaban J connectivity index is 1.67. The van der Waals surface area contributed by atoms with Crippen LogP contribution in [0.15, 0.2) is 36.4 Å². The summed E-state index contributed by atoms with van der Waals surface area (Å²) >= 11 is 1.58. The first-order valence-corrected chi connectivity index (χ1v) is 10.6. The van der Waals surface area contributed by atoms with Crippen molar-refractivity contribution in [2.45, 2.75) is 59.2 Å². The summed E-state index contributed by atoms with van der Waals surface area (Å²) in [6, 6.07) is 13.1. The Morgan fingerprint density at radius 1 is 1.26 bits per heavy atom. The average Bonchev–Trinajstić information content (AvgIpc) is 3.30. The summed E-state index contributed by atoms with van der Waals surface area (Å²) in [5.74, 6) is 0.643. The second-order valence-corrected chi connectivity index (χ2v) is 9.02. The van der Waals surface area contributed by atoms with Crippen LogP contribution in [0.25, 0.3) is 10.2 Å². The quantitative estimate of drug-likeness (QED) is 0.595. The number of rotatable bonds is 6. The topological polar surface area (TPSA) is 38.1 Å². The van der Waals surface area contributed by atoms with Gasteiger partial charge in [-0.05, 0) is 44.2 Å². The van der Waals surface area contributed by atoms with Gasteiger partial charge in [0, 0.05) is 17.5 Å². The molecule has 1 aliphatic carbocycles. The maximum absolute atomic E-state index is 13.3. The second kappa shape index (κ2) is 7.12. The van der Waals surface area contributed by atoms with Crippen LogP contribution in [0.1, 0.15) is 54.5 Å². The van der Waals surface area contributed by atoms with Crippen LogP contribution in [0.5, 0.6) is 0 Å². The Labute approximate surface area is 164 Å². The molecule has 5 heteroatoms. The van der Waals surface area contributed by atoms with Gasteiger partial charge in [-0.15, -0.1) is 11.3 Å². The van der Waals surface area contributed by atoms with E-state index < -0.39 is 0 Å². The van der Waals surface area contributed by atoms with Gasteiger partial charge in [-0.25, -0.2) is 0 Å². The second-order valence-electron chi connectivity index (χ2n) is 7.99. The molecule has 1 aromatic carbocycles. The molecule has 2 aromatic heterocycles. The van der Waals surface area contributed by atoms with E-state index in [0.29, 0.717) is 12.0 Å². The van der Waals surface area contributed by atoms with Crippen LogP contribution in [0.4, 0.5) is 0 Å². The van der Waals surface area contributed by atoms with Gasteiger partial charge >= 0.3 is 0 Å². The van der Waals surface area contributed by atoms with Crippen LogP contribution in [0.3, 0.4) is 0 Å². The lowest BCUT2D eigenvalue weighted by Gasteiger charge is -2.31. The van der Waals surface area contributed by atoms with Gasteiger partial charge in [-0.2, -0.15) is 5.10 Å². The zero-order valence-corrected chi connectivity index (χ0v) is 17.3. The van der Waals surface area contributed by atoms with E-state index in [4.69, 9.17) is 5.10 Å². The molecule has 1 unspecified atom stereocenters. The third kappa shape index (κ3) is 3.53. The Morgan fingerprint density at radius 2 is 1.96 bits per heavy atom. The number of fused-ring (bicyclic) bond motifs is 1. The van der Waals surface area contributed by atoms with E-state index >= 15 is 0 Å². The molecule has 27 heavy (non-hydrogen) atoms. The molecule has 3 aromatic rings. The zero-order chi connectivity index (χ0) is 19.1. The molecule has 4 rings (SSSR count). The minimum atomic E-state index is 0.186. The van der Waals surface area contributed by atoms with Gasteiger partial charge in [0.2, 0.25) is 0 Å². The number of nitrogens with zero attached hydrogens (tertiary/aromatic N) is 3. The summed E-state index contributed by atoms with van der Waals surface area (Å²) in [6.07, 6.45) is 2.27. The van der Waals surface area contributed by atoms with E-state index in [-0.39, 0.29) is 11.9 Å².